The molecule has 3 amide bonds. The molecule has 2 heterocycles. The van der Waals surface area contributed by atoms with E-state index in [0.29, 0.717) is 24.3 Å². The van der Waals surface area contributed by atoms with Crippen molar-refractivity contribution in [2.75, 3.05) is 25.5 Å². The molecule has 1 N–H and O–H groups in total. The molecule has 4 rings (SSSR count). The Morgan fingerprint density at radius 3 is 2.20 bits per heavy atom. The number of imide groups is 1. The summed E-state index contributed by atoms with van der Waals surface area (Å²) < 4.78 is 26.9. The number of carbonyl (C=O) groups is 3. The number of anilines is 1. The van der Waals surface area contributed by atoms with Gasteiger partial charge in [0.25, 0.3) is 17.7 Å². The van der Waals surface area contributed by atoms with E-state index in [2.05, 4.69) is 5.32 Å². The normalized spacial score (nSPS) is 17.2. The monoisotopic (exact) mass is 427 g/mol. The number of rotatable bonds is 4. The van der Waals surface area contributed by atoms with E-state index in [1.807, 2.05) is 0 Å². The lowest BCUT2D eigenvalue weighted by atomic mass is 10.1. The first-order valence-electron chi connectivity index (χ1n) is 9.67. The summed E-state index contributed by atoms with van der Waals surface area (Å²) in [6.07, 6.45) is 2.73. The molecule has 156 valence electrons. The van der Waals surface area contributed by atoms with Crippen LogP contribution in [0, 0.1) is 0 Å². The summed E-state index contributed by atoms with van der Waals surface area (Å²) in [4.78, 5) is 37.8. The average Bonchev–Trinajstić information content (AvgIpc) is 2.98. The van der Waals surface area contributed by atoms with E-state index in [4.69, 9.17) is 0 Å². The second kappa shape index (κ2) is 7.66. The topological polar surface area (TPSA) is 104 Å². The number of piperidine rings is 1. The average molecular weight is 427 g/mol. The molecule has 0 atom stereocenters. The van der Waals surface area contributed by atoms with E-state index in [0.717, 1.165) is 24.2 Å². The highest BCUT2D eigenvalue weighted by atomic mass is 32.2. The molecule has 8 nitrogen and oxygen atoms in total. The van der Waals surface area contributed by atoms with Gasteiger partial charge in [-0.05, 0) is 55.3 Å². The first-order chi connectivity index (χ1) is 14.3. The summed E-state index contributed by atoms with van der Waals surface area (Å²) in [6, 6.07) is 10.3. The third-order valence-corrected chi connectivity index (χ3v) is 7.33. The molecule has 1 fully saturated rings. The van der Waals surface area contributed by atoms with Crippen LogP contribution in [0.15, 0.2) is 47.4 Å². The van der Waals surface area contributed by atoms with Gasteiger partial charge in [-0.2, -0.15) is 4.31 Å². The number of sulfonamides is 1. The standard InChI is InChI=1S/C21H21N3O5S/c1-23-20(26)17-10-7-15(13-18(17)21(23)27)22-19(25)14-5-8-16(9-6-14)30(28,29)24-11-3-2-4-12-24/h5-10,13H,2-4,11-12H2,1H3,(H,22,25). The van der Waals surface area contributed by atoms with Crippen molar-refractivity contribution in [2.24, 2.45) is 0 Å². The van der Waals surface area contributed by atoms with E-state index in [-0.39, 0.29) is 21.9 Å². The van der Waals surface area contributed by atoms with E-state index in [9.17, 15) is 22.8 Å². The molecule has 0 aliphatic carbocycles. The van der Waals surface area contributed by atoms with Crippen LogP contribution in [-0.2, 0) is 10.0 Å². The Kier molecular flexibility index (Phi) is 5.17. The van der Waals surface area contributed by atoms with Crippen LogP contribution in [0.1, 0.15) is 50.3 Å². The van der Waals surface area contributed by atoms with Gasteiger partial charge in [0.2, 0.25) is 10.0 Å². The van der Waals surface area contributed by atoms with Crippen molar-refractivity contribution in [3.63, 3.8) is 0 Å². The Labute approximate surface area is 174 Å². The Balaban J connectivity index is 1.50. The highest BCUT2D eigenvalue weighted by molar-refractivity contribution is 7.89. The van der Waals surface area contributed by atoms with Gasteiger partial charge in [0.05, 0.1) is 16.0 Å². The number of benzene rings is 2. The van der Waals surface area contributed by atoms with Crippen molar-refractivity contribution in [1.82, 2.24) is 9.21 Å². The van der Waals surface area contributed by atoms with E-state index in [1.54, 1.807) is 6.07 Å². The molecule has 9 heteroatoms. The minimum atomic E-state index is -3.56. The fourth-order valence-corrected chi connectivity index (χ4v) is 5.19. The molecular formula is C21H21N3O5S. The van der Waals surface area contributed by atoms with Gasteiger partial charge in [-0.25, -0.2) is 8.42 Å². The number of nitrogens with one attached hydrogen (secondary N) is 1. The second-order valence-electron chi connectivity index (χ2n) is 7.37. The Hall–Kier alpha value is -3.04. The SMILES string of the molecule is CN1C(=O)c2ccc(NC(=O)c3ccc(S(=O)(=O)N4CCCCC4)cc3)cc2C1=O. The number of amides is 3. The molecule has 2 aromatic carbocycles. The van der Waals surface area contributed by atoms with Crippen molar-refractivity contribution in [1.29, 1.82) is 0 Å². The van der Waals surface area contributed by atoms with Gasteiger partial charge in [0.1, 0.15) is 0 Å². The zero-order valence-electron chi connectivity index (χ0n) is 16.4. The summed E-state index contributed by atoms with van der Waals surface area (Å²) in [6.45, 7) is 1.03. The second-order valence-corrected chi connectivity index (χ2v) is 9.31. The molecule has 0 aromatic heterocycles. The summed E-state index contributed by atoms with van der Waals surface area (Å²) in [5.74, 6) is -1.24. The van der Waals surface area contributed by atoms with Gasteiger partial charge < -0.3 is 5.32 Å². The van der Waals surface area contributed by atoms with Gasteiger partial charge in [0.15, 0.2) is 0 Å². The maximum atomic E-state index is 12.7. The van der Waals surface area contributed by atoms with E-state index < -0.39 is 21.8 Å². The Morgan fingerprint density at radius 2 is 1.53 bits per heavy atom. The quantitative estimate of drug-likeness (QED) is 0.755. The molecule has 30 heavy (non-hydrogen) atoms. The zero-order chi connectivity index (χ0) is 21.5. The highest BCUT2D eigenvalue weighted by Gasteiger charge is 2.33. The summed E-state index contributed by atoms with van der Waals surface area (Å²) >= 11 is 0. The van der Waals surface area contributed by atoms with Crippen molar-refractivity contribution in [3.8, 4) is 0 Å². The molecule has 2 aromatic rings. The Morgan fingerprint density at radius 1 is 0.900 bits per heavy atom. The molecule has 1 saturated heterocycles. The van der Waals surface area contributed by atoms with E-state index in [1.165, 1.54) is 47.8 Å². The van der Waals surface area contributed by atoms with Gasteiger partial charge in [-0.15, -0.1) is 0 Å². The molecular weight excluding hydrogens is 406 g/mol. The van der Waals surface area contributed by atoms with Crippen molar-refractivity contribution in [3.05, 3.63) is 59.2 Å². The summed E-state index contributed by atoms with van der Waals surface area (Å²) in [7, 11) is -2.15. The minimum absolute atomic E-state index is 0.158. The number of fused-ring (bicyclic) bond motifs is 1. The van der Waals surface area contributed by atoms with Crippen molar-refractivity contribution >= 4 is 33.4 Å². The number of carbonyl (C=O) groups excluding carboxylic acids is 3. The van der Waals surface area contributed by atoms with Crippen molar-refractivity contribution in [2.45, 2.75) is 24.2 Å². The van der Waals surface area contributed by atoms with Gasteiger partial charge in [-0.3, -0.25) is 19.3 Å². The van der Waals surface area contributed by atoms with Crippen LogP contribution in [0.2, 0.25) is 0 Å². The first-order valence-corrected chi connectivity index (χ1v) is 11.1. The highest BCUT2D eigenvalue weighted by Crippen LogP contribution is 2.25. The lowest BCUT2D eigenvalue weighted by Gasteiger charge is -2.25. The molecule has 0 spiro atoms. The molecule has 0 bridgehead atoms. The number of hydrogen-bond acceptors (Lipinski definition) is 5. The maximum Gasteiger partial charge on any atom is 0.261 e. The fraction of sp³-hybridized carbons (Fsp3) is 0.286. The van der Waals surface area contributed by atoms with Gasteiger partial charge >= 0.3 is 0 Å². The van der Waals surface area contributed by atoms with Crippen LogP contribution < -0.4 is 5.32 Å². The lowest BCUT2D eigenvalue weighted by molar-refractivity contribution is 0.0692. The van der Waals surface area contributed by atoms with Crippen LogP contribution in [0.5, 0.6) is 0 Å². The molecule has 0 unspecified atom stereocenters. The summed E-state index contributed by atoms with van der Waals surface area (Å²) in [5, 5.41) is 2.68. The smallest absolute Gasteiger partial charge is 0.261 e. The van der Waals surface area contributed by atoms with Gasteiger partial charge in [-0.1, -0.05) is 6.42 Å². The van der Waals surface area contributed by atoms with Crippen LogP contribution in [0.4, 0.5) is 5.69 Å². The van der Waals surface area contributed by atoms with Crippen LogP contribution in [0.25, 0.3) is 0 Å². The largest absolute Gasteiger partial charge is 0.322 e. The number of nitrogens with zero attached hydrogens (tertiary/aromatic N) is 2. The van der Waals surface area contributed by atoms with Crippen molar-refractivity contribution < 1.29 is 22.8 Å². The van der Waals surface area contributed by atoms with Crippen LogP contribution in [-0.4, -0.2) is 55.5 Å². The molecule has 0 saturated carbocycles. The predicted octanol–water partition coefficient (Wildman–Crippen LogP) is 2.34. The molecule has 2 aliphatic heterocycles. The maximum absolute atomic E-state index is 12.7. The zero-order valence-corrected chi connectivity index (χ0v) is 17.2. The number of hydrogen-bond donors (Lipinski definition) is 1. The van der Waals surface area contributed by atoms with Gasteiger partial charge in [0, 0.05) is 31.4 Å². The Bertz CT molecular complexity index is 1140. The van der Waals surface area contributed by atoms with E-state index >= 15 is 0 Å². The molecule has 0 radical (unpaired) electrons. The first kappa shape index (κ1) is 20.2. The molecule has 2 aliphatic rings. The predicted molar refractivity (Wildman–Crippen MR) is 110 cm³/mol. The lowest BCUT2D eigenvalue weighted by Crippen LogP contribution is -2.35. The van der Waals surface area contributed by atoms with Crippen LogP contribution in [0.3, 0.4) is 0 Å². The minimum Gasteiger partial charge on any atom is -0.322 e. The fourth-order valence-electron chi connectivity index (χ4n) is 3.67. The van der Waals surface area contributed by atoms with Crippen LogP contribution >= 0.6 is 0 Å². The third kappa shape index (κ3) is 3.50. The third-order valence-electron chi connectivity index (χ3n) is 5.42. The summed E-state index contributed by atoms with van der Waals surface area (Å²) in [5.41, 5.74) is 1.20.